The van der Waals surface area contributed by atoms with Crippen molar-refractivity contribution >= 4 is 45.3 Å². The van der Waals surface area contributed by atoms with Crippen molar-refractivity contribution < 1.29 is 22.7 Å². The highest BCUT2D eigenvalue weighted by Gasteiger charge is 2.30. The summed E-state index contributed by atoms with van der Waals surface area (Å²) >= 11 is 6.61. The first-order chi connectivity index (χ1) is 14.3. The van der Waals surface area contributed by atoms with E-state index in [0.29, 0.717) is 22.7 Å². The summed E-state index contributed by atoms with van der Waals surface area (Å²) in [6, 6.07) is 16.0. The van der Waals surface area contributed by atoms with Crippen LogP contribution in [-0.4, -0.2) is 18.2 Å². The standard InChI is InChI=1S/C21H17F3N2O2S2/c1-28-19(27)17-12-16(11-13-5-3-2-4-6-13)30-18(17)26-20(29)25-15-9-7-14(8-10-15)21(22,23)24/h2-10,12H,11H2,1H3,(H2,25,26,29). The van der Waals surface area contributed by atoms with Gasteiger partial charge in [-0.05, 0) is 48.1 Å². The molecule has 1 heterocycles. The van der Waals surface area contributed by atoms with E-state index in [4.69, 9.17) is 17.0 Å². The van der Waals surface area contributed by atoms with Crippen molar-refractivity contribution in [3.63, 3.8) is 0 Å². The number of hydrogen-bond donors (Lipinski definition) is 2. The quantitative estimate of drug-likeness (QED) is 0.371. The minimum Gasteiger partial charge on any atom is -0.465 e. The summed E-state index contributed by atoms with van der Waals surface area (Å²) in [4.78, 5) is 13.1. The second-order valence-corrected chi connectivity index (χ2v) is 7.81. The first-order valence-electron chi connectivity index (χ1n) is 8.76. The number of anilines is 2. The third-order valence-corrected chi connectivity index (χ3v) is 5.36. The molecule has 0 aliphatic heterocycles. The van der Waals surface area contributed by atoms with E-state index in [9.17, 15) is 18.0 Å². The number of ether oxygens (including phenoxy) is 1. The Morgan fingerprint density at radius 3 is 2.33 bits per heavy atom. The summed E-state index contributed by atoms with van der Waals surface area (Å²) in [7, 11) is 1.29. The van der Waals surface area contributed by atoms with Crippen molar-refractivity contribution in [3.05, 3.63) is 82.2 Å². The van der Waals surface area contributed by atoms with Gasteiger partial charge in [0.25, 0.3) is 0 Å². The molecule has 4 nitrogen and oxygen atoms in total. The lowest BCUT2D eigenvalue weighted by atomic mass is 10.1. The molecule has 2 N–H and O–H groups in total. The van der Waals surface area contributed by atoms with E-state index in [1.165, 1.54) is 30.6 Å². The smallest absolute Gasteiger partial charge is 0.416 e. The van der Waals surface area contributed by atoms with Gasteiger partial charge in [-0.2, -0.15) is 13.2 Å². The lowest BCUT2D eigenvalue weighted by Gasteiger charge is -2.12. The van der Waals surface area contributed by atoms with Crippen LogP contribution >= 0.6 is 23.6 Å². The molecule has 156 valence electrons. The predicted octanol–water partition coefficient (Wildman–Crippen LogP) is 5.95. The van der Waals surface area contributed by atoms with Gasteiger partial charge in [0.1, 0.15) is 5.00 Å². The minimum absolute atomic E-state index is 0.146. The van der Waals surface area contributed by atoms with Crippen LogP contribution in [0.1, 0.15) is 26.4 Å². The van der Waals surface area contributed by atoms with E-state index in [-0.39, 0.29) is 5.11 Å². The molecule has 30 heavy (non-hydrogen) atoms. The van der Waals surface area contributed by atoms with Crippen molar-refractivity contribution in [1.29, 1.82) is 0 Å². The second kappa shape index (κ2) is 9.27. The monoisotopic (exact) mass is 450 g/mol. The topological polar surface area (TPSA) is 50.4 Å². The molecule has 0 aliphatic rings. The molecule has 3 aromatic rings. The maximum Gasteiger partial charge on any atom is 0.416 e. The first-order valence-corrected chi connectivity index (χ1v) is 9.99. The zero-order valence-electron chi connectivity index (χ0n) is 15.7. The van der Waals surface area contributed by atoms with Crippen LogP contribution in [0.25, 0.3) is 0 Å². The van der Waals surface area contributed by atoms with Crippen LogP contribution in [0.4, 0.5) is 23.9 Å². The van der Waals surface area contributed by atoms with E-state index in [0.717, 1.165) is 22.6 Å². The Labute approximate surface area is 180 Å². The molecule has 3 rings (SSSR count). The Hall–Kier alpha value is -2.91. The summed E-state index contributed by atoms with van der Waals surface area (Å²) < 4.78 is 42.9. The number of carbonyl (C=O) groups is 1. The van der Waals surface area contributed by atoms with E-state index in [1.807, 2.05) is 30.3 Å². The third kappa shape index (κ3) is 5.58. The zero-order valence-corrected chi connectivity index (χ0v) is 17.4. The third-order valence-electron chi connectivity index (χ3n) is 4.11. The molecular weight excluding hydrogens is 433 g/mol. The van der Waals surface area contributed by atoms with Gasteiger partial charge in [0.2, 0.25) is 0 Å². The van der Waals surface area contributed by atoms with Gasteiger partial charge in [0, 0.05) is 17.0 Å². The van der Waals surface area contributed by atoms with E-state index < -0.39 is 17.7 Å². The summed E-state index contributed by atoms with van der Waals surface area (Å²) in [6.45, 7) is 0. The van der Waals surface area contributed by atoms with Crippen LogP contribution in [0, 0.1) is 0 Å². The Balaban J connectivity index is 1.74. The molecule has 0 atom stereocenters. The molecule has 9 heteroatoms. The van der Waals surface area contributed by atoms with Crippen molar-refractivity contribution in [2.45, 2.75) is 12.6 Å². The number of methoxy groups -OCH3 is 1. The molecule has 0 saturated carbocycles. The number of hydrogen-bond acceptors (Lipinski definition) is 4. The number of nitrogens with one attached hydrogen (secondary N) is 2. The Bertz CT molecular complexity index is 1030. The minimum atomic E-state index is -4.40. The van der Waals surface area contributed by atoms with Gasteiger partial charge in [0.15, 0.2) is 5.11 Å². The number of thiophene rings is 1. The maximum absolute atomic E-state index is 12.7. The SMILES string of the molecule is COC(=O)c1cc(Cc2ccccc2)sc1NC(=S)Nc1ccc(C(F)(F)F)cc1. The van der Waals surface area contributed by atoms with Gasteiger partial charge >= 0.3 is 12.1 Å². The molecule has 0 amide bonds. The molecule has 0 spiro atoms. The number of halogens is 3. The van der Waals surface area contributed by atoms with Crippen molar-refractivity contribution in [2.24, 2.45) is 0 Å². The van der Waals surface area contributed by atoms with E-state index >= 15 is 0 Å². The molecule has 0 unspecified atom stereocenters. The van der Waals surface area contributed by atoms with Crippen LogP contribution in [0.5, 0.6) is 0 Å². The zero-order chi connectivity index (χ0) is 21.7. The Kier molecular flexibility index (Phi) is 6.73. The van der Waals surface area contributed by atoms with Gasteiger partial charge in [-0.15, -0.1) is 11.3 Å². The maximum atomic E-state index is 12.7. The highest BCUT2D eigenvalue weighted by molar-refractivity contribution is 7.80. The van der Waals surface area contributed by atoms with Crippen LogP contribution in [0.15, 0.2) is 60.7 Å². The molecule has 0 bridgehead atoms. The molecule has 0 radical (unpaired) electrons. The van der Waals surface area contributed by atoms with Crippen molar-refractivity contribution in [2.75, 3.05) is 17.7 Å². The summed E-state index contributed by atoms with van der Waals surface area (Å²) in [5.74, 6) is -0.509. The van der Waals surface area contributed by atoms with E-state index in [1.54, 1.807) is 6.07 Å². The van der Waals surface area contributed by atoms with E-state index in [2.05, 4.69) is 10.6 Å². The fourth-order valence-corrected chi connectivity index (χ4v) is 4.06. The van der Waals surface area contributed by atoms with Crippen molar-refractivity contribution in [1.82, 2.24) is 0 Å². The average molecular weight is 451 g/mol. The van der Waals surface area contributed by atoms with Crippen LogP contribution in [0.3, 0.4) is 0 Å². The number of benzene rings is 2. The predicted molar refractivity (Wildman–Crippen MR) is 116 cm³/mol. The Morgan fingerprint density at radius 2 is 1.73 bits per heavy atom. The second-order valence-electron chi connectivity index (χ2n) is 6.26. The fraction of sp³-hybridized carbons (Fsp3) is 0.143. The average Bonchev–Trinajstić information content (AvgIpc) is 3.09. The molecule has 0 aliphatic carbocycles. The number of rotatable bonds is 5. The fourth-order valence-electron chi connectivity index (χ4n) is 2.69. The lowest BCUT2D eigenvalue weighted by molar-refractivity contribution is -0.137. The largest absolute Gasteiger partial charge is 0.465 e. The summed E-state index contributed by atoms with van der Waals surface area (Å²) in [6.07, 6.45) is -3.77. The number of carbonyl (C=O) groups excluding carboxylic acids is 1. The first kappa shape index (κ1) is 21.8. The number of thiocarbonyl (C=S) groups is 1. The van der Waals surface area contributed by atoms with Gasteiger partial charge in [0.05, 0.1) is 18.2 Å². The van der Waals surface area contributed by atoms with Gasteiger partial charge in [-0.25, -0.2) is 4.79 Å². The normalized spacial score (nSPS) is 11.1. The Morgan fingerprint density at radius 1 is 1.07 bits per heavy atom. The van der Waals surface area contributed by atoms with Crippen molar-refractivity contribution in [3.8, 4) is 0 Å². The summed E-state index contributed by atoms with van der Waals surface area (Å²) in [5.41, 5.74) is 1.07. The van der Waals surface area contributed by atoms with Gasteiger partial charge in [-0.1, -0.05) is 30.3 Å². The molecule has 2 aromatic carbocycles. The van der Waals surface area contributed by atoms with Crippen LogP contribution < -0.4 is 10.6 Å². The number of esters is 1. The van der Waals surface area contributed by atoms with Gasteiger partial charge < -0.3 is 15.4 Å². The highest BCUT2D eigenvalue weighted by Crippen LogP contribution is 2.32. The number of alkyl halides is 3. The van der Waals surface area contributed by atoms with Crippen LogP contribution in [0.2, 0.25) is 0 Å². The molecule has 1 aromatic heterocycles. The molecule has 0 saturated heterocycles. The highest BCUT2D eigenvalue weighted by atomic mass is 32.1. The van der Waals surface area contributed by atoms with Gasteiger partial charge in [-0.3, -0.25) is 0 Å². The van der Waals surface area contributed by atoms with Crippen LogP contribution in [-0.2, 0) is 17.3 Å². The lowest BCUT2D eigenvalue weighted by Crippen LogP contribution is -2.20. The molecular formula is C21H17F3N2O2S2. The molecule has 0 fully saturated rings. The summed E-state index contributed by atoms with van der Waals surface area (Å²) in [5, 5.41) is 6.40.